The number of hydrogen-bond donors (Lipinski definition) is 2. The van der Waals surface area contributed by atoms with Gasteiger partial charge in [-0.15, -0.1) is 0 Å². The van der Waals surface area contributed by atoms with Crippen LogP contribution in [0.4, 0.5) is 0 Å². The molecule has 0 saturated carbocycles. The molecule has 1 amide bonds. The van der Waals surface area contributed by atoms with Crippen LogP contribution in [-0.2, 0) is 6.54 Å². The number of aliphatic hydroxyl groups is 1. The predicted octanol–water partition coefficient (Wildman–Crippen LogP) is 2.17. The summed E-state index contributed by atoms with van der Waals surface area (Å²) in [6.07, 6.45) is 2.30. The number of aliphatic hydroxyl groups excluding tert-OH is 1. The molecule has 0 unspecified atom stereocenters. The normalized spacial score (nSPS) is 18.3. The molecular formula is C20H24N4O3. The summed E-state index contributed by atoms with van der Waals surface area (Å²) < 4.78 is 5.46. The van der Waals surface area contributed by atoms with E-state index in [9.17, 15) is 9.90 Å². The number of H-pyrrole nitrogens is 1. The number of carbonyl (C=O) groups is 1. The van der Waals surface area contributed by atoms with Gasteiger partial charge in [-0.05, 0) is 43.7 Å². The number of furan rings is 1. The van der Waals surface area contributed by atoms with Crippen molar-refractivity contribution in [3.8, 4) is 0 Å². The Balaban J connectivity index is 1.49. The van der Waals surface area contributed by atoms with E-state index in [0.29, 0.717) is 31.6 Å². The number of imidazole rings is 1. The number of aryl methyl sites for hydroxylation is 1. The van der Waals surface area contributed by atoms with Crippen LogP contribution in [0.5, 0.6) is 0 Å². The molecule has 7 nitrogen and oxygen atoms in total. The Morgan fingerprint density at radius 2 is 2.26 bits per heavy atom. The second-order valence-electron chi connectivity index (χ2n) is 7.02. The number of nitrogens with one attached hydrogen (secondary N) is 1. The Kier molecular flexibility index (Phi) is 4.96. The minimum atomic E-state index is 0.0183. The third-order valence-electron chi connectivity index (χ3n) is 5.14. The minimum absolute atomic E-state index is 0.0183. The first-order chi connectivity index (χ1) is 13.1. The van der Waals surface area contributed by atoms with E-state index in [1.54, 1.807) is 6.26 Å². The first-order valence-corrected chi connectivity index (χ1v) is 9.27. The maximum absolute atomic E-state index is 13.0. The molecule has 0 bridgehead atoms. The van der Waals surface area contributed by atoms with Crippen LogP contribution >= 0.6 is 0 Å². The summed E-state index contributed by atoms with van der Waals surface area (Å²) in [7, 11) is 0. The summed E-state index contributed by atoms with van der Waals surface area (Å²) >= 11 is 0. The van der Waals surface area contributed by atoms with Crippen LogP contribution in [0.3, 0.4) is 0 Å². The lowest BCUT2D eigenvalue weighted by Crippen LogP contribution is -2.54. The van der Waals surface area contributed by atoms with Crippen LogP contribution in [0.15, 0.2) is 41.0 Å². The van der Waals surface area contributed by atoms with Crippen LogP contribution in [0, 0.1) is 6.92 Å². The van der Waals surface area contributed by atoms with Crippen LogP contribution in [0.25, 0.3) is 11.0 Å². The number of carbonyl (C=O) groups excluding carboxylic acids is 1. The first kappa shape index (κ1) is 17.8. The van der Waals surface area contributed by atoms with Crippen LogP contribution < -0.4 is 0 Å². The van der Waals surface area contributed by atoms with Gasteiger partial charge in [0.15, 0.2) is 0 Å². The Hall–Kier alpha value is -2.64. The Bertz CT molecular complexity index is 919. The van der Waals surface area contributed by atoms with Gasteiger partial charge in [-0.2, -0.15) is 0 Å². The lowest BCUT2D eigenvalue weighted by molar-refractivity contribution is 0.0373. The molecule has 1 saturated heterocycles. The van der Waals surface area contributed by atoms with Gasteiger partial charge in [0.1, 0.15) is 11.6 Å². The molecule has 1 fully saturated rings. The molecule has 1 aliphatic heterocycles. The molecule has 1 aliphatic rings. The zero-order chi connectivity index (χ0) is 18.8. The van der Waals surface area contributed by atoms with Crippen molar-refractivity contribution in [2.75, 3.05) is 26.2 Å². The zero-order valence-electron chi connectivity index (χ0n) is 15.4. The lowest BCUT2D eigenvalue weighted by Gasteiger charge is -2.41. The van der Waals surface area contributed by atoms with Gasteiger partial charge in [-0.3, -0.25) is 9.69 Å². The lowest BCUT2D eigenvalue weighted by atomic mass is 10.1. The number of fused-ring (bicyclic) bond motifs is 1. The Morgan fingerprint density at radius 1 is 1.37 bits per heavy atom. The molecule has 1 aromatic carbocycles. The van der Waals surface area contributed by atoms with E-state index in [2.05, 4.69) is 14.9 Å². The molecule has 2 N–H and O–H groups in total. The summed E-state index contributed by atoms with van der Waals surface area (Å²) in [6.45, 7) is 4.70. The minimum Gasteiger partial charge on any atom is -0.468 e. The smallest absolute Gasteiger partial charge is 0.254 e. The summed E-state index contributed by atoms with van der Waals surface area (Å²) in [5, 5.41) is 9.46. The molecule has 0 radical (unpaired) electrons. The van der Waals surface area contributed by atoms with Crippen LogP contribution in [0.1, 0.15) is 28.4 Å². The van der Waals surface area contributed by atoms with E-state index in [4.69, 9.17) is 4.42 Å². The fourth-order valence-electron chi connectivity index (χ4n) is 3.76. The number of amides is 1. The Labute approximate surface area is 157 Å². The van der Waals surface area contributed by atoms with Gasteiger partial charge in [-0.1, -0.05) is 0 Å². The zero-order valence-corrected chi connectivity index (χ0v) is 15.4. The van der Waals surface area contributed by atoms with E-state index >= 15 is 0 Å². The van der Waals surface area contributed by atoms with Gasteiger partial charge in [0.25, 0.3) is 5.91 Å². The van der Waals surface area contributed by atoms with E-state index in [-0.39, 0.29) is 18.6 Å². The summed E-state index contributed by atoms with van der Waals surface area (Å²) in [5.74, 6) is 1.76. The quantitative estimate of drug-likeness (QED) is 0.721. The fraction of sp³-hybridized carbons (Fsp3) is 0.400. The largest absolute Gasteiger partial charge is 0.468 e. The molecule has 7 heteroatoms. The monoisotopic (exact) mass is 368 g/mol. The first-order valence-electron chi connectivity index (χ1n) is 9.27. The van der Waals surface area contributed by atoms with E-state index < -0.39 is 0 Å². The molecule has 142 valence electrons. The van der Waals surface area contributed by atoms with Gasteiger partial charge in [0, 0.05) is 37.8 Å². The number of nitrogens with zero attached hydrogens (tertiary/aromatic N) is 3. The number of rotatable bonds is 5. The second-order valence-corrected chi connectivity index (χ2v) is 7.02. The van der Waals surface area contributed by atoms with Crippen molar-refractivity contribution in [3.63, 3.8) is 0 Å². The SMILES string of the molecule is Cc1nc2ccc(C(=O)N3CCN(Cc4ccco4)[C@@H](CCO)C3)cc2[nH]1. The predicted molar refractivity (Wildman–Crippen MR) is 101 cm³/mol. The standard InChI is InChI=1S/C20H24N4O3/c1-14-21-18-5-4-15(11-19(18)22-14)20(26)24-8-7-23(16(12-24)6-9-25)13-17-3-2-10-27-17/h2-5,10-11,16,25H,6-9,12-13H2,1H3,(H,21,22)/t16-/m0/s1. The highest BCUT2D eigenvalue weighted by atomic mass is 16.3. The van der Waals surface area contributed by atoms with Crippen molar-refractivity contribution < 1.29 is 14.3 Å². The number of aromatic nitrogens is 2. The summed E-state index contributed by atoms with van der Waals surface area (Å²) in [6, 6.07) is 9.52. The van der Waals surface area contributed by atoms with Gasteiger partial charge in [-0.25, -0.2) is 4.98 Å². The van der Waals surface area contributed by atoms with Crippen molar-refractivity contribution in [1.29, 1.82) is 0 Å². The summed E-state index contributed by atoms with van der Waals surface area (Å²) in [5.41, 5.74) is 2.40. The maximum Gasteiger partial charge on any atom is 0.254 e. The van der Waals surface area contributed by atoms with Crippen LogP contribution in [0.2, 0.25) is 0 Å². The highest BCUT2D eigenvalue weighted by Gasteiger charge is 2.30. The molecule has 0 aliphatic carbocycles. The van der Waals surface area contributed by atoms with Gasteiger partial charge >= 0.3 is 0 Å². The third-order valence-corrected chi connectivity index (χ3v) is 5.14. The number of hydrogen-bond acceptors (Lipinski definition) is 5. The summed E-state index contributed by atoms with van der Waals surface area (Å²) in [4.78, 5) is 24.7. The van der Waals surface area contributed by atoms with E-state index in [0.717, 1.165) is 29.2 Å². The molecule has 27 heavy (non-hydrogen) atoms. The molecule has 3 heterocycles. The third kappa shape index (κ3) is 3.74. The van der Waals surface area contributed by atoms with Gasteiger partial charge < -0.3 is 19.4 Å². The van der Waals surface area contributed by atoms with Crippen molar-refractivity contribution in [3.05, 3.63) is 53.7 Å². The second kappa shape index (κ2) is 7.54. The number of piperazine rings is 1. The molecular weight excluding hydrogens is 344 g/mol. The van der Waals surface area contributed by atoms with Crippen molar-refractivity contribution in [1.82, 2.24) is 19.8 Å². The van der Waals surface area contributed by atoms with Crippen molar-refractivity contribution in [2.24, 2.45) is 0 Å². The van der Waals surface area contributed by atoms with E-state index in [1.807, 2.05) is 42.2 Å². The average molecular weight is 368 g/mol. The van der Waals surface area contributed by atoms with Crippen molar-refractivity contribution >= 4 is 16.9 Å². The Morgan fingerprint density at radius 3 is 3.04 bits per heavy atom. The van der Waals surface area contributed by atoms with Crippen molar-refractivity contribution in [2.45, 2.75) is 25.9 Å². The highest BCUT2D eigenvalue weighted by molar-refractivity contribution is 5.97. The average Bonchev–Trinajstić information content (AvgIpc) is 3.30. The maximum atomic E-state index is 13.0. The van der Waals surface area contributed by atoms with Gasteiger partial charge in [0.05, 0.1) is 23.8 Å². The highest BCUT2D eigenvalue weighted by Crippen LogP contribution is 2.20. The number of aromatic amines is 1. The molecule has 0 spiro atoms. The van der Waals surface area contributed by atoms with E-state index in [1.165, 1.54) is 0 Å². The van der Waals surface area contributed by atoms with Gasteiger partial charge in [0.2, 0.25) is 0 Å². The topological polar surface area (TPSA) is 85.6 Å². The molecule has 1 atom stereocenters. The molecule has 2 aromatic heterocycles. The molecule has 3 aromatic rings. The van der Waals surface area contributed by atoms with Crippen LogP contribution in [-0.4, -0.2) is 63.1 Å². The fourth-order valence-corrected chi connectivity index (χ4v) is 3.76. The molecule has 4 rings (SSSR count). The number of benzene rings is 1.